The highest BCUT2D eigenvalue weighted by atomic mass is 32.2. The third kappa shape index (κ3) is 2.20. The zero-order valence-electron chi connectivity index (χ0n) is 6.00. The van der Waals surface area contributed by atoms with Gasteiger partial charge in [0, 0.05) is 18.7 Å². The molecule has 0 aromatic rings. The average Bonchev–Trinajstić information content (AvgIpc) is 2.26. The van der Waals surface area contributed by atoms with Crippen molar-refractivity contribution in [3.05, 3.63) is 0 Å². The van der Waals surface area contributed by atoms with Crippen LogP contribution in [0.1, 0.15) is 6.42 Å². The van der Waals surface area contributed by atoms with Gasteiger partial charge in [-0.2, -0.15) is 0 Å². The first-order valence-corrected chi connectivity index (χ1v) is 4.44. The number of imide groups is 1. The molecule has 2 amide bonds. The summed E-state index contributed by atoms with van der Waals surface area (Å²) in [6, 6.07) is 0. The summed E-state index contributed by atoms with van der Waals surface area (Å²) in [7, 11) is 0. The van der Waals surface area contributed by atoms with E-state index < -0.39 is 0 Å². The Hall–Kier alpha value is -0.550. The fourth-order valence-corrected chi connectivity index (χ4v) is 1.78. The molecule has 1 rings (SSSR count). The second-order valence-corrected chi connectivity index (χ2v) is 3.58. The Morgan fingerprint density at radius 1 is 1.64 bits per heavy atom. The highest BCUT2D eigenvalue weighted by Crippen LogP contribution is 2.18. The van der Waals surface area contributed by atoms with E-state index in [-0.39, 0.29) is 17.1 Å². The Labute approximate surface area is 68.9 Å². The van der Waals surface area contributed by atoms with Gasteiger partial charge in [0.25, 0.3) is 0 Å². The van der Waals surface area contributed by atoms with Crippen LogP contribution in [0.2, 0.25) is 0 Å². The molecule has 1 aliphatic rings. The van der Waals surface area contributed by atoms with Crippen molar-refractivity contribution >= 4 is 23.6 Å². The number of carbonyl (C=O) groups excluding carboxylic acids is 2. The van der Waals surface area contributed by atoms with Crippen molar-refractivity contribution in [2.75, 3.05) is 12.3 Å². The minimum atomic E-state index is -0.203. The number of hydrogen-bond acceptors (Lipinski definition) is 4. The van der Waals surface area contributed by atoms with E-state index >= 15 is 0 Å². The largest absolute Gasteiger partial charge is 0.330 e. The van der Waals surface area contributed by atoms with Crippen molar-refractivity contribution < 1.29 is 9.59 Å². The first-order valence-electron chi connectivity index (χ1n) is 3.39. The number of amides is 2. The van der Waals surface area contributed by atoms with Gasteiger partial charge in [-0.05, 0) is 0 Å². The van der Waals surface area contributed by atoms with Gasteiger partial charge in [-0.25, -0.2) is 0 Å². The summed E-state index contributed by atoms with van der Waals surface area (Å²) < 4.78 is 0. The predicted molar refractivity (Wildman–Crippen MR) is 43.1 cm³/mol. The summed E-state index contributed by atoms with van der Waals surface area (Å²) in [5.41, 5.74) is 5.25. The molecule has 1 fully saturated rings. The van der Waals surface area contributed by atoms with E-state index in [0.717, 1.165) is 5.75 Å². The van der Waals surface area contributed by atoms with Gasteiger partial charge in [0.15, 0.2) is 0 Å². The maximum Gasteiger partial charge on any atom is 0.240 e. The molecule has 0 bridgehead atoms. The van der Waals surface area contributed by atoms with Gasteiger partial charge in [0.1, 0.15) is 0 Å². The van der Waals surface area contributed by atoms with E-state index in [2.05, 4.69) is 5.32 Å². The topological polar surface area (TPSA) is 72.2 Å². The fourth-order valence-electron chi connectivity index (χ4n) is 0.875. The molecular formula is C6H10N2O2S. The van der Waals surface area contributed by atoms with Crippen molar-refractivity contribution in [1.29, 1.82) is 0 Å². The first-order chi connectivity index (χ1) is 5.24. The smallest absolute Gasteiger partial charge is 0.240 e. The molecule has 0 spiro atoms. The quantitative estimate of drug-likeness (QED) is 0.543. The van der Waals surface area contributed by atoms with Crippen LogP contribution in [0.5, 0.6) is 0 Å². The number of nitrogens with one attached hydrogen (secondary N) is 1. The normalized spacial score (nSPS) is 23.9. The molecular weight excluding hydrogens is 164 g/mol. The van der Waals surface area contributed by atoms with Gasteiger partial charge < -0.3 is 5.73 Å². The molecule has 1 unspecified atom stereocenters. The van der Waals surface area contributed by atoms with Crippen LogP contribution in [0.3, 0.4) is 0 Å². The minimum Gasteiger partial charge on any atom is -0.330 e. The second kappa shape index (κ2) is 3.73. The monoisotopic (exact) mass is 174 g/mol. The van der Waals surface area contributed by atoms with E-state index in [1.807, 2.05) is 0 Å². The van der Waals surface area contributed by atoms with Crippen LogP contribution in [0.15, 0.2) is 0 Å². The van der Waals surface area contributed by atoms with E-state index in [1.54, 1.807) is 0 Å². The predicted octanol–water partition coefficient (Wildman–Crippen LogP) is -0.907. The van der Waals surface area contributed by atoms with Crippen molar-refractivity contribution in [3.8, 4) is 0 Å². The third-order valence-electron chi connectivity index (χ3n) is 1.36. The highest BCUT2D eigenvalue weighted by Gasteiger charge is 2.30. The van der Waals surface area contributed by atoms with Gasteiger partial charge >= 0.3 is 0 Å². The maximum absolute atomic E-state index is 10.9. The molecule has 1 heterocycles. The molecule has 11 heavy (non-hydrogen) atoms. The lowest BCUT2D eigenvalue weighted by molar-refractivity contribution is -0.124. The molecule has 3 N–H and O–H groups in total. The van der Waals surface area contributed by atoms with Crippen LogP contribution in [-0.2, 0) is 9.59 Å². The second-order valence-electron chi connectivity index (χ2n) is 2.26. The van der Waals surface area contributed by atoms with Crippen molar-refractivity contribution in [2.45, 2.75) is 11.7 Å². The number of carbonyl (C=O) groups is 2. The van der Waals surface area contributed by atoms with Crippen LogP contribution in [0, 0.1) is 0 Å². The summed E-state index contributed by atoms with van der Waals surface area (Å²) in [5, 5.41) is 2.03. The van der Waals surface area contributed by atoms with Gasteiger partial charge in [-0.15, -0.1) is 11.8 Å². The number of thioether (sulfide) groups is 1. The zero-order chi connectivity index (χ0) is 8.27. The number of hydrogen-bond donors (Lipinski definition) is 2. The molecule has 1 saturated heterocycles. The Bertz CT molecular complexity index is 183. The molecule has 0 aromatic carbocycles. The minimum absolute atomic E-state index is 0.173. The molecule has 62 valence electrons. The van der Waals surface area contributed by atoms with E-state index in [4.69, 9.17) is 5.73 Å². The van der Waals surface area contributed by atoms with E-state index in [9.17, 15) is 9.59 Å². The molecule has 4 nitrogen and oxygen atoms in total. The SMILES string of the molecule is NCCSC1CC(=O)NC1=O. The average molecular weight is 174 g/mol. The zero-order valence-corrected chi connectivity index (χ0v) is 6.82. The lowest BCUT2D eigenvalue weighted by Gasteiger charge is -2.02. The standard InChI is InChI=1S/C6H10N2O2S/c7-1-2-11-4-3-5(9)8-6(4)10/h4H,1-3,7H2,(H,8,9,10). The Morgan fingerprint density at radius 2 is 2.36 bits per heavy atom. The van der Waals surface area contributed by atoms with Crippen LogP contribution in [-0.4, -0.2) is 29.4 Å². The molecule has 5 heteroatoms. The molecule has 0 saturated carbocycles. The third-order valence-corrected chi connectivity index (χ3v) is 2.62. The Morgan fingerprint density at radius 3 is 2.82 bits per heavy atom. The number of rotatable bonds is 3. The molecule has 1 aliphatic heterocycles. The molecule has 0 radical (unpaired) electrons. The summed E-state index contributed by atoms with van der Waals surface area (Å²) in [6.45, 7) is 0.544. The van der Waals surface area contributed by atoms with Gasteiger partial charge in [0.2, 0.25) is 11.8 Å². The molecule has 0 aromatic heterocycles. The lowest BCUT2D eigenvalue weighted by atomic mass is 10.4. The first kappa shape index (κ1) is 8.55. The maximum atomic E-state index is 10.9. The van der Waals surface area contributed by atoms with Gasteiger partial charge in [-0.1, -0.05) is 0 Å². The lowest BCUT2D eigenvalue weighted by Crippen LogP contribution is -2.23. The van der Waals surface area contributed by atoms with Crippen molar-refractivity contribution in [2.24, 2.45) is 5.73 Å². The summed E-state index contributed by atoms with van der Waals surface area (Å²) >= 11 is 1.44. The molecule has 0 aliphatic carbocycles. The van der Waals surface area contributed by atoms with Crippen LogP contribution >= 0.6 is 11.8 Å². The Kier molecular flexibility index (Phi) is 2.90. The van der Waals surface area contributed by atoms with Gasteiger partial charge in [-0.3, -0.25) is 14.9 Å². The van der Waals surface area contributed by atoms with E-state index in [0.29, 0.717) is 13.0 Å². The van der Waals surface area contributed by atoms with Crippen LogP contribution in [0.25, 0.3) is 0 Å². The summed E-state index contributed by atoms with van der Waals surface area (Å²) in [4.78, 5) is 21.5. The Balaban J connectivity index is 2.34. The number of nitrogens with two attached hydrogens (primary N) is 1. The molecule has 1 atom stereocenters. The fraction of sp³-hybridized carbons (Fsp3) is 0.667. The van der Waals surface area contributed by atoms with Crippen LogP contribution in [0.4, 0.5) is 0 Å². The van der Waals surface area contributed by atoms with E-state index in [1.165, 1.54) is 11.8 Å². The van der Waals surface area contributed by atoms with Crippen molar-refractivity contribution in [3.63, 3.8) is 0 Å². The summed E-state index contributed by atoms with van der Waals surface area (Å²) in [5.74, 6) is 0.378. The van der Waals surface area contributed by atoms with Crippen molar-refractivity contribution in [1.82, 2.24) is 5.32 Å². The summed E-state index contributed by atoms with van der Waals surface area (Å²) in [6.07, 6.45) is 0.309. The van der Waals surface area contributed by atoms with Crippen LogP contribution < -0.4 is 11.1 Å². The highest BCUT2D eigenvalue weighted by molar-refractivity contribution is 8.00. The van der Waals surface area contributed by atoms with Gasteiger partial charge in [0.05, 0.1) is 5.25 Å².